The van der Waals surface area contributed by atoms with Crippen LogP contribution in [0.1, 0.15) is 41.4 Å². The third-order valence-corrected chi connectivity index (χ3v) is 4.62. The fourth-order valence-corrected chi connectivity index (χ4v) is 3.44. The van der Waals surface area contributed by atoms with Gasteiger partial charge in [0.2, 0.25) is 0 Å². The molecule has 0 spiro atoms. The first-order chi connectivity index (χ1) is 8.88. The molecule has 2 nitrogen and oxygen atoms in total. The molecule has 1 aromatic heterocycles. The van der Waals surface area contributed by atoms with Crippen molar-refractivity contribution in [1.29, 1.82) is 0 Å². The Labute approximate surface area is 112 Å². The predicted octanol–water partition coefficient (Wildman–Crippen LogP) is 3.52. The first-order valence-electron chi connectivity index (χ1n) is 6.59. The molecule has 0 saturated carbocycles. The number of hydrogen-bond donors (Lipinski definition) is 1. The van der Waals surface area contributed by atoms with E-state index in [1.807, 2.05) is 6.20 Å². The summed E-state index contributed by atoms with van der Waals surface area (Å²) in [6, 6.07) is 9.19. The molecule has 3 heteroatoms. The van der Waals surface area contributed by atoms with Crippen LogP contribution in [0, 0.1) is 0 Å². The molecule has 0 saturated heterocycles. The van der Waals surface area contributed by atoms with Gasteiger partial charge in [-0.1, -0.05) is 31.2 Å². The fraction of sp³-hybridized carbons (Fsp3) is 0.400. The smallest absolute Gasteiger partial charge is 0.109 e. The lowest BCUT2D eigenvalue weighted by molar-refractivity contribution is 0.460. The van der Waals surface area contributed by atoms with Gasteiger partial charge < -0.3 is 5.32 Å². The first-order valence-corrected chi connectivity index (χ1v) is 7.47. The Hall–Kier alpha value is -1.19. The van der Waals surface area contributed by atoms with Crippen LogP contribution < -0.4 is 5.32 Å². The summed E-state index contributed by atoms with van der Waals surface area (Å²) in [5.74, 6) is 0.690. The van der Waals surface area contributed by atoms with Gasteiger partial charge in [0.05, 0.1) is 6.04 Å². The Bertz CT molecular complexity index is 507. The van der Waals surface area contributed by atoms with Gasteiger partial charge in [-0.2, -0.15) is 0 Å². The zero-order chi connectivity index (χ0) is 12.4. The molecule has 1 N–H and O–H groups in total. The number of benzene rings is 1. The number of rotatable bonds is 5. The van der Waals surface area contributed by atoms with Crippen LogP contribution >= 0.6 is 11.3 Å². The van der Waals surface area contributed by atoms with Crippen molar-refractivity contribution in [2.24, 2.45) is 0 Å². The molecule has 0 aliphatic heterocycles. The highest BCUT2D eigenvalue weighted by Gasteiger charge is 2.25. The number of nitrogens with one attached hydrogen (secondary N) is 1. The molecule has 0 fully saturated rings. The number of nitrogens with zero attached hydrogens (tertiary/aromatic N) is 1. The number of aromatic nitrogens is 1. The largest absolute Gasteiger partial charge is 0.307 e. The van der Waals surface area contributed by atoms with Crippen LogP contribution in [-0.2, 0) is 6.42 Å². The maximum atomic E-state index is 4.41. The molecule has 94 valence electrons. The van der Waals surface area contributed by atoms with Crippen molar-refractivity contribution in [2.45, 2.75) is 31.7 Å². The van der Waals surface area contributed by atoms with Crippen molar-refractivity contribution in [1.82, 2.24) is 10.3 Å². The third-order valence-electron chi connectivity index (χ3n) is 3.73. The minimum Gasteiger partial charge on any atom is -0.307 e. The quantitative estimate of drug-likeness (QED) is 0.887. The van der Waals surface area contributed by atoms with E-state index >= 15 is 0 Å². The van der Waals surface area contributed by atoms with Crippen molar-refractivity contribution in [3.8, 4) is 0 Å². The van der Waals surface area contributed by atoms with E-state index in [4.69, 9.17) is 0 Å². The van der Waals surface area contributed by atoms with E-state index in [9.17, 15) is 0 Å². The van der Waals surface area contributed by atoms with Gasteiger partial charge in [0.1, 0.15) is 5.01 Å². The van der Waals surface area contributed by atoms with Crippen LogP contribution in [0.5, 0.6) is 0 Å². The molecule has 1 aliphatic rings. The fourth-order valence-electron chi connectivity index (χ4n) is 2.64. The summed E-state index contributed by atoms with van der Waals surface area (Å²) in [5.41, 5.74) is 3.05. The molecule has 1 heterocycles. The molecular formula is C15H18N2S. The Morgan fingerprint density at radius 1 is 1.44 bits per heavy atom. The van der Waals surface area contributed by atoms with Crippen LogP contribution in [-0.4, -0.2) is 11.5 Å². The van der Waals surface area contributed by atoms with Gasteiger partial charge in [-0.3, -0.25) is 0 Å². The maximum absolute atomic E-state index is 4.41. The van der Waals surface area contributed by atoms with Gasteiger partial charge in [0, 0.05) is 24.0 Å². The van der Waals surface area contributed by atoms with Crippen molar-refractivity contribution in [2.75, 3.05) is 6.54 Å². The molecule has 2 aromatic rings. The number of fused-ring (bicyclic) bond motifs is 1. The Balaban J connectivity index is 1.59. The summed E-state index contributed by atoms with van der Waals surface area (Å²) >= 11 is 1.74. The first kappa shape index (κ1) is 11.9. The topological polar surface area (TPSA) is 24.9 Å². The summed E-state index contributed by atoms with van der Waals surface area (Å²) in [7, 11) is 0. The van der Waals surface area contributed by atoms with Crippen LogP contribution in [0.3, 0.4) is 0 Å². The SMILES string of the molecule is CCC(NCC1Cc2ccccc21)c1nccs1. The molecule has 2 atom stereocenters. The normalized spacial score (nSPS) is 19.1. The maximum Gasteiger partial charge on any atom is 0.109 e. The average molecular weight is 258 g/mol. The Morgan fingerprint density at radius 3 is 3.06 bits per heavy atom. The lowest BCUT2D eigenvalue weighted by Gasteiger charge is -2.31. The van der Waals surface area contributed by atoms with Gasteiger partial charge in [-0.05, 0) is 24.0 Å². The summed E-state index contributed by atoms with van der Waals surface area (Å²) in [4.78, 5) is 4.41. The lowest BCUT2D eigenvalue weighted by atomic mass is 9.77. The predicted molar refractivity (Wildman–Crippen MR) is 76.0 cm³/mol. The van der Waals surface area contributed by atoms with Gasteiger partial charge >= 0.3 is 0 Å². The van der Waals surface area contributed by atoms with E-state index < -0.39 is 0 Å². The van der Waals surface area contributed by atoms with E-state index in [-0.39, 0.29) is 0 Å². The highest BCUT2D eigenvalue weighted by Crippen LogP contribution is 2.34. The third kappa shape index (κ3) is 2.20. The van der Waals surface area contributed by atoms with E-state index in [1.165, 1.54) is 22.6 Å². The van der Waals surface area contributed by atoms with E-state index in [2.05, 4.69) is 46.9 Å². The molecule has 0 amide bonds. The minimum atomic E-state index is 0.415. The second kappa shape index (κ2) is 5.21. The average Bonchev–Trinajstić information content (AvgIpc) is 2.89. The molecule has 0 bridgehead atoms. The molecule has 1 aliphatic carbocycles. The molecule has 0 radical (unpaired) electrons. The van der Waals surface area contributed by atoms with Gasteiger partial charge in [-0.15, -0.1) is 11.3 Å². The Morgan fingerprint density at radius 2 is 2.33 bits per heavy atom. The molecule has 2 unspecified atom stereocenters. The van der Waals surface area contributed by atoms with Crippen LogP contribution in [0.2, 0.25) is 0 Å². The minimum absolute atomic E-state index is 0.415. The van der Waals surface area contributed by atoms with E-state index in [1.54, 1.807) is 11.3 Å². The summed E-state index contributed by atoms with van der Waals surface area (Å²) in [5, 5.41) is 6.93. The molecule has 18 heavy (non-hydrogen) atoms. The molecular weight excluding hydrogens is 240 g/mol. The lowest BCUT2D eigenvalue weighted by Crippen LogP contribution is -2.31. The molecule has 1 aromatic carbocycles. The number of hydrogen-bond acceptors (Lipinski definition) is 3. The van der Waals surface area contributed by atoms with Gasteiger partial charge in [0.25, 0.3) is 0 Å². The van der Waals surface area contributed by atoms with Crippen LogP contribution in [0.25, 0.3) is 0 Å². The molecule has 3 rings (SSSR count). The van der Waals surface area contributed by atoms with Crippen molar-refractivity contribution in [3.63, 3.8) is 0 Å². The highest BCUT2D eigenvalue weighted by atomic mass is 32.1. The summed E-state index contributed by atoms with van der Waals surface area (Å²) in [6.45, 7) is 3.28. The van der Waals surface area contributed by atoms with Crippen molar-refractivity contribution >= 4 is 11.3 Å². The zero-order valence-electron chi connectivity index (χ0n) is 10.6. The van der Waals surface area contributed by atoms with Crippen molar-refractivity contribution < 1.29 is 0 Å². The highest BCUT2D eigenvalue weighted by molar-refractivity contribution is 7.09. The van der Waals surface area contributed by atoms with Gasteiger partial charge in [-0.25, -0.2) is 4.98 Å². The van der Waals surface area contributed by atoms with E-state index in [0.717, 1.165) is 13.0 Å². The number of thiazole rings is 1. The second-order valence-corrected chi connectivity index (χ2v) is 5.77. The van der Waals surface area contributed by atoms with E-state index in [0.29, 0.717) is 12.0 Å². The summed E-state index contributed by atoms with van der Waals surface area (Å²) < 4.78 is 0. The van der Waals surface area contributed by atoms with Crippen LogP contribution in [0.4, 0.5) is 0 Å². The standard InChI is InChI=1S/C15H18N2S/c1-2-14(15-16-7-8-18-15)17-10-12-9-11-5-3-4-6-13(11)12/h3-8,12,14,17H,2,9-10H2,1H3. The van der Waals surface area contributed by atoms with Gasteiger partial charge in [0.15, 0.2) is 0 Å². The van der Waals surface area contributed by atoms with Crippen LogP contribution in [0.15, 0.2) is 35.8 Å². The van der Waals surface area contributed by atoms with Crippen molar-refractivity contribution in [3.05, 3.63) is 52.0 Å². The second-order valence-electron chi connectivity index (χ2n) is 4.84. The summed E-state index contributed by atoms with van der Waals surface area (Å²) in [6.07, 6.45) is 4.21. The zero-order valence-corrected chi connectivity index (χ0v) is 11.4. The monoisotopic (exact) mass is 258 g/mol. The Kier molecular flexibility index (Phi) is 3.43.